The summed E-state index contributed by atoms with van der Waals surface area (Å²) >= 11 is 0. The van der Waals surface area contributed by atoms with E-state index in [0.29, 0.717) is 17.1 Å². The van der Waals surface area contributed by atoms with Gasteiger partial charge in [-0.1, -0.05) is 13.0 Å². The van der Waals surface area contributed by atoms with Crippen molar-refractivity contribution < 1.29 is 23.1 Å². The zero-order chi connectivity index (χ0) is 20.9. The van der Waals surface area contributed by atoms with Gasteiger partial charge in [0.25, 0.3) is 10.0 Å². The van der Waals surface area contributed by atoms with Gasteiger partial charge < -0.3 is 16.2 Å². The molecular weight excluding hydrogens is 384 g/mol. The standard InChI is InChI=1S/C18H27N4O5S/c1-12(18(19)25)6-9-17(24)22(14-8-7-13(2)21-11-15(14)23)28(26,27)16-5-3-4-10-20-16/h3-5,9-10,12-15,21,23H,6-8,11H2,1-2H3,(H2,19,25)/t12-,13+,14-,15+/m1/s1. The molecule has 0 aliphatic carbocycles. The van der Waals surface area contributed by atoms with E-state index in [1.807, 2.05) is 6.92 Å². The number of β-amino-alcohol motifs (C(OH)–C–C–N with tert-alkyl or cyclic N) is 1. The first-order valence-electron chi connectivity index (χ1n) is 9.18. The Morgan fingerprint density at radius 3 is 2.75 bits per heavy atom. The molecule has 9 nitrogen and oxygen atoms in total. The van der Waals surface area contributed by atoms with Gasteiger partial charge >= 0.3 is 0 Å². The summed E-state index contributed by atoms with van der Waals surface area (Å²) in [6, 6.07) is 3.50. The van der Waals surface area contributed by atoms with Crippen LogP contribution in [0.5, 0.6) is 0 Å². The molecule has 155 valence electrons. The minimum Gasteiger partial charge on any atom is -0.390 e. The van der Waals surface area contributed by atoms with Crippen LogP contribution in [0.25, 0.3) is 0 Å². The highest BCUT2D eigenvalue weighted by Crippen LogP contribution is 2.25. The van der Waals surface area contributed by atoms with Crippen molar-refractivity contribution in [3.05, 3.63) is 30.8 Å². The molecule has 1 saturated heterocycles. The van der Waals surface area contributed by atoms with Crippen LogP contribution < -0.4 is 11.1 Å². The number of hydrogen-bond acceptors (Lipinski definition) is 7. The van der Waals surface area contributed by atoms with Gasteiger partial charge in [-0.25, -0.2) is 9.29 Å². The third kappa shape index (κ3) is 5.27. The van der Waals surface area contributed by atoms with Crippen LogP contribution in [0.2, 0.25) is 0 Å². The molecule has 0 unspecified atom stereocenters. The Labute approximate surface area is 165 Å². The van der Waals surface area contributed by atoms with Crippen molar-refractivity contribution in [2.24, 2.45) is 11.7 Å². The van der Waals surface area contributed by atoms with Crippen LogP contribution in [-0.2, 0) is 19.6 Å². The molecule has 10 heteroatoms. The number of sulfonamides is 1. The Bertz CT molecular complexity index is 786. The molecule has 1 fully saturated rings. The van der Waals surface area contributed by atoms with Gasteiger partial charge in [0.15, 0.2) is 5.03 Å². The minimum atomic E-state index is -4.30. The third-order valence-electron chi connectivity index (χ3n) is 4.83. The van der Waals surface area contributed by atoms with Gasteiger partial charge in [0.05, 0.1) is 18.6 Å². The molecule has 28 heavy (non-hydrogen) atoms. The maximum Gasteiger partial charge on any atom is 0.284 e. The van der Waals surface area contributed by atoms with E-state index < -0.39 is 39.9 Å². The van der Waals surface area contributed by atoms with Crippen LogP contribution in [0.3, 0.4) is 0 Å². The molecule has 1 aliphatic rings. The normalized spacial score (nSPS) is 24.2. The lowest BCUT2D eigenvalue weighted by Crippen LogP contribution is -2.52. The fraction of sp³-hybridized carbons (Fsp3) is 0.556. The zero-order valence-corrected chi connectivity index (χ0v) is 16.8. The number of primary amides is 1. The van der Waals surface area contributed by atoms with E-state index in [1.54, 1.807) is 13.0 Å². The molecule has 0 saturated carbocycles. The number of aliphatic hydroxyl groups is 1. The molecule has 1 aromatic rings. The molecular formula is C18H27N4O5S. The van der Waals surface area contributed by atoms with E-state index in [-0.39, 0.29) is 24.0 Å². The van der Waals surface area contributed by atoms with Gasteiger partial charge in [0.2, 0.25) is 11.8 Å². The molecule has 2 amide bonds. The van der Waals surface area contributed by atoms with Gasteiger partial charge in [-0.3, -0.25) is 9.59 Å². The second kappa shape index (κ2) is 9.44. The average molecular weight is 412 g/mol. The second-order valence-electron chi connectivity index (χ2n) is 7.07. The Kier molecular flexibility index (Phi) is 7.50. The fourth-order valence-corrected chi connectivity index (χ4v) is 4.55. The molecule has 1 aliphatic heterocycles. The van der Waals surface area contributed by atoms with Crippen molar-refractivity contribution in [2.45, 2.75) is 56.3 Å². The van der Waals surface area contributed by atoms with Crippen molar-refractivity contribution in [1.29, 1.82) is 0 Å². The number of nitrogens with one attached hydrogen (secondary N) is 1. The summed E-state index contributed by atoms with van der Waals surface area (Å²) in [5.41, 5.74) is 5.22. The largest absolute Gasteiger partial charge is 0.390 e. The Morgan fingerprint density at radius 1 is 1.43 bits per heavy atom. The average Bonchev–Trinajstić information content (AvgIpc) is 2.82. The number of aromatic nitrogens is 1. The molecule has 1 radical (unpaired) electrons. The van der Waals surface area contributed by atoms with Crippen LogP contribution in [0.15, 0.2) is 29.4 Å². The highest BCUT2D eigenvalue weighted by molar-refractivity contribution is 7.89. The van der Waals surface area contributed by atoms with Crippen LogP contribution in [-0.4, -0.2) is 59.4 Å². The molecule has 0 aromatic carbocycles. The van der Waals surface area contributed by atoms with Crippen LogP contribution in [0.4, 0.5) is 0 Å². The molecule has 0 spiro atoms. The first-order chi connectivity index (χ1) is 13.1. The van der Waals surface area contributed by atoms with E-state index in [4.69, 9.17) is 5.73 Å². The molecule has 4 N–H and O–H groups in total. The second-order valence-corrected chi connectivity index (χ2v) is 8.83. The minimum absolute atomic E-state index is 0.000126. The Morgan fingerprint density at radius 2 is 2.14 bits per heavy atom. The van der Waals surface area contributed by atoms with Crippen molar-refractivity contribution >= 4 is 21.8 Å². The lowest BCUT2D eigenvalue weighted by Gasteiger charge is -2.32. The number of nitrogens with two attached hydrogens (primary N) is 1. The number of rotatable bonds is 7. The monoisotopic (exact) mass is 411 g/mol. The number of amides is 2. The van der Waals surface area contributed by atoms with Crippen LogP contribution >= 0.6 is 0 Å². The van der Waals surface area contributed by atoms with E-state index in [9.17, 15) is 23.1 Å². The summed E-state index contributed by atoms with van der Waals surface area (Å²) in [6.45, 7) is 3.63. The Hall–Kier alpha value is -2.04. The van der Waals surface area contributed by atoms with Gasteiger partial charge in [-0.05, 0) is 38.3 Å². The SMILES string of the molecule is C[C@H](C[CH]C(=O)N([C@@H]1CC[C@H](C)NC[C@@H]1O)S(=O)(=O)c1ccccn1)C(N)=O. The van der Waals surface area contributed by atoms with Crippen LogP contribution in [0.1, 0.15) is 33.1 Å². The Balaban J connectivity index is 2.37. The van der Waals surface area contributed by atoms with E-state index >= 15 is 0 Å². The van der Waals surface area contributed by atoms with Crippen molar-refractivity contribution in [2.75, 3.05) is 6.54 Å². The predicted octanol–water partition coefficient (Wildman–Crippen LogP) is -0.184. The van der Waals surface area contributed by atoms with E-state index in [2.05, 4.69) is 10.3 Å². The maximum absolute atomic E-state index is 13.2. The lowest BCUT2D eigenvalue weighted by molar-refractivity contribution is -0.126. The zero-order valence-electron chi connectivity index (χ0n) is 16.0. The number of nitrogens with zero attached hydrogens (tertiary/aromatic N) is 2. The fourth-order valence-electron chi connectivity index (χ4n) is 2.99. The van der Waals surface area contributed by atoms with Gasteiger partial charge in [0, 0.05) is 24.7 Å². The quantitative estimate of drug-likeness (QED) is 0.564. The number of aliphatic hydroxyl groups excluding tert-OH is 1. The number of pyridine rings is 1. The topological polar surface area (TPSA) is 143 Å². The molecule has 2 rings (SSSR count). The van der Waals surface area contributed by atoms with Gasteiger partial charge in [-0.2, -0.15) is 8.42 Å². The maximum atomic E-state index is 13.2. The third-order valence-corrected chi connectivity index (χ3v) is 6.56. The summed E-state index contributed by atoms with van der Waals surface area (Å²) in [4.78, 5) is 28.0. The summed E-state index contributed by atoms with van der Waals surface area (Å²) in [5, 5.41) is 13.4. The highest BCUT2D eigenvalue weighted by atomic mass is 32.2. The van der Waals surface area contributed by atoms with Crippen molar-refractivity contribution in [3.63, 3.8) is 0 Å². The van der Waals surface area contributed by atoms with Gasteiger partial charge in [0.1, 0.15) is 0 Å². The summed E-state index contributed by atoms with van der Waals surface area (Å²) in [6.07, 6.45) is 2.26. The summed E-state index contributed by atoms with van der Waals surface area (Å²) < 4.78 is 27.1. The van der Waals surface area contributed by atoms with Crippen molar-refractivity contribution in [3.8, 4) is 0 Å². The number of hydrogen-bond donors (Lipinski definition) is 3. The molecule has 2 heterocycles. The lowest BCUT2D eigenvalue weighted by atomic mass is 10.0. The number of carbonyl (C=O) groups is 2. The van der Waals surface area contributed by atoms with Gasteiger partial charge in [-0.15, -0.1) is 0 Å². The first-order valence-corrected chi connectivity index (χ1v) is 10.6. The highest BCUT2D eigenvalue weighted by Gasteiger charge is 2.40. The molecule has 1 aromatic heterocycles. The molecule has 4 atom stereocenters. The smallest absolute Gasteiger partial charge is 0.284 e. The first kappa shape index (κ1) is 22.3. The van der Waals surface area contributed by atoms with E-state index in [1.165, 1.54) is 18.3 Å². The predicted molar refractivity (Wildman–Crippen MR) is 102 cm³/mol. The van der Waals surface area contributed by atoms with Crippen molar-refractivity contribution in [1.82, 2.24) is 14.6 Å². The number of carbonyl (C=O) groups excluding carboxylic acids is 2. The summed E-state index contributed by atoms with van der Waals surface area (Å²) in [7, 11) is -4.30. The molecule has 0 bridgehead atoms. The summed E-state index contributed by atoms with van der Waals surface area (Å²) in [5.74, 6) is -2.02. The van der Waals surface area contributed by atoms with E-state index in [0.717, 1.165) is 6.42 Å². The van der Waals surface area contributed by atoms with Crippen LogP contribution in [0, 0.1) is 12.3 Å².